The van der Waals surface area contributed by atoms with Gasteiger partial charge in [0.15, 0.2) is 0 Å². The number of hydrogen-bond acceptors (Lipinski definition) is 3. The van der Waals surface area contributed by atoms with Crippen molar-refractivity contribution in [1.82, 2.24) is 5.32 Å². The van der Waals surface area contributed by atoms with Crippen molar-refractivity contribution in [3.8, 4) is 0 Å². The second kappa shape index (κ2) is 5.47. The van der Waals surface area contributed by atoms with Gasteiger partial charge in [-0.05, 0) is 32.2 Å². The van der Waals surface area contributed by atoms with Gasteiger partial charge in [-0.15, -0.1) is 0 Å². The minimum Gasteiger partial charge on any atom is -0.379 e. The van der Waals surface area contributed by atoms with E-state index in [0.29, 0.717) is 19.6 Å². The zero-order chi connectivity index (χ0) is 11.3. The molecule has 88 valence electrons. The van der Waals surface area contributed by atoms with Gasteiger partial charge >= 0.3 is 0 Å². The van der Waals surface area contributed by atoms with E-state index in [1.165, 1.54) is 0 Å². The molecule has 0 aromatic carbocycles. The molecule has 1 rings (SSSR count). The molecule has 1 aliphatic rings. The second-order valence-corrected chi connectivity index (χ2v) is 4.81. The van der Waals surface area contributed by atoms with Crippen LogP contribution in [0.3, 0.4) is 0 Å². The Morgan fingerprint density at radius 2 is 2.40 bits per heavy atom. The zero-order valence-electron chi connectivity index (χ0n) is 9.71. The lowest BCUT2D eigenvalue weighted by molar-refractivity contribution is -0.125. The summed E-state index contributed by atoms with van der Waals surface area (Å²) in [7, 11) is 0. The predicted octanol–water partition coefficient (Wildman–Crippen LogP) is 0.657. The van der Waals surface area contributed by atoms with Crippen LogP contribution in [-0.2, 0) is 9.53 Å². The average Bonchev–Trinajstić information content (AvgIpc) is 2.17. The van der Waals surface area contributed by atoms with Gasteiger partial charge in [-0.2, -0.15) is 0 Å². The number of nitrogens with one attached hydrogen (secondary N) is 1. The Labute approximate surface area is 91.5 Å². The van der Waals surface area contributed by atoms with E-state index < -0.39 is 0 Å². The molecule has 0 spiro atoms. The van der Waals surface area contributed by atoms with Crippen LogP contribution in [0.25, 0.3) is 0 Å². The largest absolute Gasteiger partial charge is 0.379 e. The van der Waals surface area contributed by atoms with E-state index >= 15 is 0 Å². The van der Waals surface area contributed by atoms with Crippen LogP contribution in [0.15, 0.2) is 0 Å². The maximum absolute atomic E-state index is 11.7. The summed E-state index contributed by atoms with van der Waals surface area (Å²) in [6.07, 6.45) is 2.52. The minimum atomic E-state index is -0.177. The van der Waals surface area contributed by atoms with Gasteiger partial charge in [0.05, 0.1) is 12.1 Å². The molecule has 0 aromatic heterocycles. The molecule has 0 bridgehead atoms. The molecule has 1 heterocycles. The lowest BCUT2D eigenvalue weighted by Gasteiger charge is -2.34. The van der Waals surface area contributed by atoms with Crippen LogP contribution in [0.1, 0.15) is 33.1 Å². The molecule has 1 saturated heterocycles. The summed E-state index contributed by atoms with van der Waals surface area (Å²) in [4.78, 5) is 11.7. The van der Waals surface area contributed by atoms with Crippen molar-refractivity contribution in [1.29, 1.82) is 0 Å². The normalized spacial score (nSPS) is 28.5. The standard InChI is InChI=1S/C11H22N2O2/c1-9(7-12)6-10(14)13-11(2)4-3-5-15-8-11/h9H,3-8,12H2,1-2H3,(H,13,14). The van der Waals surface area contributed by atoms with Crippen LogP contribution in [0.2, 0.25) is 0 Å². The molecule has 1 amide bonds. The number of carbonyl (C=O) groups excluding carboxylic acids is 1. The lowest BCUT2D eigenvalue weighted by atomic mass is 9.94. The molecular weight excluding hydrogens is 192 g/mol. The molecule has 1 aliphatic heterocycles. The first-order valence-electron chi connectivity index (χ1n) is 5.64. The first-order chi connectivity index (χ1) is 7.06. The van der Waals surface area contributed by atoms with E-state index in [4.69, 9.17) is 10.5 Å². The highest BCUT2D eigenvalue weighted by molar-refractivity contribution is 5.77. The second-order valence-electron chi connectivity index (χ2n) is 4.81. The number of ether oxygens (including phenoxy) is 1. The highest BCUT2D eigenvalue weighted by atomic mass is 16.5. The summed E-state index contributed by atoms with van der Waals surface area (Å²) < 4.78 is 5.38. The van der Waals surface area contributed by atoms with Gasteiger partial charge in [0.1, 0.15) is 0 Å². The highest BCUT2D eigenvalue weighted by Crippen LogP contribution is 2.18. The van der Waals surface area contributed by atoms with E-state index in [2.05, 4.69) is 5.32 Å². The Bertz CT molecular complexity index is 213. The van der Waals surface area contributed by atoms with Crippen molar-refractivity contribution in [3.63, 3.8) is 0 Å². The van der Waals surface area contributed by atoms with Crippen LogP contribution < -0.4 is 11.1 Å². The molecule has 4 heteroatoms. The molecule has 0 saturated carbocycles. The van der Waals surface area contributed by atoms with Crippen LogP contribution in [0.4, 0.5) is 0 Å². The monoisotopic (exact) mass is 214 g/mol. The Morgan fingerprint density at radius 1 is 1.67 bits per heavy atom. The van der Waals surface area contributed by atoms with E-state index in [9.17, 15) is 4.79 Å². The summed E-state index contributed by atoms with van der Waals surface area (Å²) in [6, 6.07) is 0. The van der Waals surface area contributed by atoms with Crippen LogP contribution in [-0.4, -0.2) is 31.2 Å². The van der Waals surface area contributed by atoms with E-state index in [-0.39, 0.29) is 17.4 Å². The first kappa shape index (κ1) is 12.5. The Hall–Kier alpha value is -0.610. The van der Waals surface area contributed by atoms with Gasteiger partial charge in [0.25, 0.3) is 0 Å². The van der Waals surface area contributed by atoms with Gasteiger partial charge in [0.2, 0.25) is 5.91 Å². The SMILES string of the molecule is CC(CN)CC(=O)NC1(C)CCCOC1. The van der Waals surface area contributed by atoms with Crippen molar-refractivity contribution >= 4 is 5.91 Å². The number of nitrogens with two attached hydrogens (primary N) is 1. The van der Waals surface area contributed by atoms with E-state index in [0.717, 1.165) is 19.4 Å². The van der Waals surface area contributed by atoms with E-state index in [1.54, 1.807) is 0 Å². The van der Waals surface area contributed by atoms with Crippen LogP contribution >= 0.6 is 0 Å². The molecule has 2 unspecified atom stereocenters. The predicted molar refractivity (Wildman–Crippen MR) is 59.4 cm³/mol. The number of hydrogen-bond donors (Lipinski definition) is 2. The number of amides is 1. The molecule has 0 radical (unpaired) electrons. The maximum atomic E-state index is 11.7. The first-order valence-corrected chi connectivity index (χ1v) is 5.64. The summed E-state index contributed by atoms with van der Waals surface area (Å²) in [5.41, 5.74) is 5.30. The molecule has 1 fully saturated rings. The van der Waals surface area contributed by atoms with Gasteiger partial charge in [0, 0.05) is 13.0 Å². The van der Waals surface area contributed by atoms with Gasteiger partial charge in [-0.25, -0.2) is 0 Å². The molecule has 0 aromatic rings. The topological polar surface area (TPSA) is 64.4 Å². The van der Waals surface area contributed by atoms with Crippen molar-refractivity contribution in [2.75, 3.05) is 19.8 Å². The third kappa shape index (κ3) is 4.18. The van der Waals surface area contributed by atoms with Gasteiger partial charge < -0.3 is 15.8 Å². The quantitative estimate of drug-likeness (QED) is 0.722. The third-order valence-corrected chi connectivity index (χ3v) is 2.82. The van der Waals surface area contributed by atoms with Gasteiger partial charge in [-0.3, -0.25) is 4.79 Å². The summed E-state index contributed by atoms with van der Waals surface area (Å²) in [5, 5.41) is 3.04. The average molecular weight is 214 g/mol. The number of rotatable bonds is 4. The molecule has 2 atom stereocenters. The maximum Gasteiger partial charge on any atom is 0.220 e. The fourth-order valence-electron chi connectivity index (χ4n) is 1.82. The molecule has 15 heavy (non-hydrogen) atoms. The Morgan fingerprint density at radius 3 is 2.93 bits per heavy atom. The van der Waals surface area contributed by atoms with Crippen molar-refractivity contribution in [2.24, 2.45) is 11.7 Å². The van der Waals surface area contributed by atoms with E-state index in [1.807, 2.05) is 13.8 Å². The van der Waals surface area contributed by atoms with Gasteiger partial charge in [-0.1, -0.05) is 6.92 Å². The third-order valence-electron chi connectivity index (χ3n) is 2.82. The highest BCUT2D eigenvalue weighted by Gasteiger charge is 2.29. The zero-order valence-corrected chi connectivity index (χ0v) is 9.71. The van der Waals surface area contributed by atoms with Crippen molar-refractivity contribution < 1.29 is 9.53 Å². The Kier molecular flexibility index (Phi) is 4.54. The number of carbonyl (C=O) groups is 1. The fraction of sp³-hybridized carbons (Fsp3) is 0.909. The summed E-state index contributed by atoms with van der Waals surface area (Å²) in [5.74, 6) is 0.332. The minimum absolute atomic E-state index is 0.0842. The van der Waals surface area contributed by atoms with Crippen molar-refractivity contribution in [2.45, 2.75) is 38.6 Å². The van der Waals surface area contributed by atoms with Crippen molar-refractivity contribution in [3.05, 3.63) is 0 Å². The molecular formula is C11H22N2O2. The Balaban J connectivity index is 2.35. The smallest absolute Gasteiger partial charge is 0.220 e. The lowest BCUT2D eigenvalue weighted by Crippen LogP contribution is -2.51. The van der Waals surface area contributed by atoms with Crippen LogP contribution in [0, 0.1) is 5.92 Å². The summed E-state index contributed by atoms with van der Waals surface area (Å²) >= 11 is 0. The molecule has 0 aliphatic carbocycles. The van der Waals surface area contributed by atoms with Crippen LogP contribution in [0.5, 0.6) is 0 Å². The summed E-state index contributed by atoms with van der Waals surface area (Å²) in [6.45, 7) is 6.01. The molecule has 3 N–H and O–H groups in total. The fourth-order valence-corrected chi connectivity index (χ4v) is 1.82. The molecule has 4 nitrogen and oxygen atoms in total.